The summed E-state index contributed by atoms with van der Waals surface area (Å²) < 4.78 is 23.5. The molecule has 2 unspecified atom stereocenters. The van der Waals surface area contributed by atoms with Crippen LogP contribution in [0.1, 0.15) is 31.4 Å². The highest BCUT2D eigenvalue weighted by Crippen LogP contribution is 2.30. The maximum Gasteiger partial charge on any atom is 0.124 e. The van der Waals surface area contributed by atoms with E-state index in [4.69, 9.17) is 9.47 Å². The molecule has 0 spiro atoms. The molecule has 0 fully saturated rings. The van der Waals surface area contributed by atoms with Gasteiger partial charge in [0.2, 0.25) is 0 Å². The smallest absolute Gasteiger partial charge is 0.124 e. The maximum atomic E-state index is 13.2. The van der Waals surface area contributed by atoms with E-state index < -0.39 is 11.9 Å². The average Bonchev–Trinajstić information content (AvgIpc) is 2.35. The standard InChI is InChI=1S/C13H19FO3/c1-4-5-12(17-3)13(15)10-8-9(14)6-7-11(10)16-2/h6-8,12-13,15H,4-5H2,1-3H3. The van der Waals surface area contributed by atoms with Crippen molar-refractivity contribution in [2.24, 2.45) is 0 Å². The summed E-state index contributed by atoms with van der Waals surface area (Å²) in [6.45, 7) is 2.00. The number of methoxy groups -OCH3 is 2. The fourth-order valence-electron chi connectivity index (χ4n) is 1.83. The minimum Gasteiger partial charge on any atom is -0.496 e. The molecule has 3 nitrogen and oxygen atoms in total. The van der Waals surface area contributed by atoms with Crippen molar-refractivity contribution in [1.82, 2.24) is 0 Å². The molecule has 0 amide bonds. The van der Waals surface area contributed by atoms with E-state index in [1.165, 1.54) is 32.4 Å². The molecular formula is C13H19FO3. The first kappa shape index (κ1) is 13.9. The van der Waals surface area contributed by atoms with Gasteiger partial charge in [-0.25, -0.2) is 4.39 Å². The Kier molecular flexibility index (Phi) is 5.38. The highest BCUT2D eigenvalue weighted by atomic mass is 19.1. The first-order valence-corrected chi connectivity index (χ1v) is 5.68. The van der Waals surface area contributed by atoms with Crippen LogP contribution in [0.15, 0.2) is 18.2 Å². The Morgan fingerprint density at radius 1 is 1.35 bits per heavy atom. The summed E-state index contributed by atoms with van der Waals surface area (Å²) in [5.41, 5.74) is 0.424. The average molecular weight is 242 g/mol. The fourth-order valence-corrected chi connectivity index (χ4v) is 1.83. The zero-order valence-electron chi connectivity index (χ0n) is 10.4. The molecule has 0 saturated heterocycles. The zero-order chi connectivity index (χ0) is 12.8. The quantitative estimate of drug-likeness (QED) is 0.833. The summed E-state index contributed by atoms with van der Waals surface area (Å²) in [5, 5.41) is 10.2. The number of hydrogen-bond donors (Lipinski definition) is 1. The highest BCUT2D eigenvalue weighted by Gasteiger charge is 2.23. The Balaban J connectivity index is 2.99. The van der Waals surface area contributed by atoms with Crippen molar-refractivity contribution in [1.29, 1.82) is 0 Å². The summed E-state index contributed by atoms with van der Waals surface area (Å²) in [6, 6.07) is 4.09. The van der Waals surface area contributed by atoms with E-state index >= 15 is 0 Å². The lowest BCUT2D eigenvalue weighted by Gasteiger charge is -2.23. The van der Waals surface area contributed by atoms with Gasteiger partial charge in [-0.1, -0.05) is 13.3 Å². The molecule has 0 aromatic heterocycles. The van der Waals surface area contributed by atoms with Gasteiger partial charge in [-0.2, -0.15) is 0 Å². The second kappa shape index (κ2) is 6.57. The van der Waals surface area contributed by atoms with E-state index in [2.05, 4.69) is 0 Å². The Labute approximate surface area is 101 Å². The summed E-state index contributed by atoms with van der Waals surface area (Å²) in [5.74, 6) is 0.0725. The van der Waals surface area contributed by atoms with Crippen molar-refractivity contribution in [2.75, 3.05) is 14.2 Å². The number of halogens is 1. The molecule has 0 radical (unpaired) electrons. The van der Waals surface area contributed by atoms with Gasteiger partial charge < -0.3 is 14.6 Å². The molecule has 0 heterocycles. The highest BCUT2D eigenvalue weighted by molar-refractivity contribution is 5.36. The molecule has 0 aliphatic heterocycles. The van der Waals surface area contributed by atoms with E-state index in [1.54, 1.807) is 0 Å². The Hall–Kier alpha value is -1.13. The number of aliphatic hydroxyl groups excluding tert-OH is 1. The summed E-state index contributed by atoms with van der Waals surface area (Å²) in [6.07, 6.45) is 0.353. The van der Waals surface area contributed by atoms with Crippen molar-refractivity contribution in [3.63, 3.8) is 0 Å². The molecule has 17 heavy (non-hydrogen) atoms. The van der Waals surface area contributed by atoms with Crippen molar-refractivity contribution in [3.8, 4) is 5.75 Å². The van der Waals surface area contributed by atoms with Crippen LogP contribution in [0.25, 0.3) is 0 Å². The predicted molar refractivity (Wildman–Crippen MR) is 63.6 cm³/mol. The second-order valence-corrected chi connectivity index (χ2v) is 3.89. The molecule has 1 N–H and O–H groups in total. The SMILES string of the molecule is CCCC(OC)C(O)c1cc(F)ccc1OC. The van der Waals surface area contributed by atoms with Crippen LogP contribution in [-0.4, -0.2) is 25.4 Å². The normalized spacial score (nSPS) is 14.4. The van der Waals surface area contributed by atoms with Gasteiger partial charge >= 0.3 is 0 Å². The maximum absolute atomic E-state index is 13.2. The number of aliphatic hydroxyl groups is 1. The van der Waals surface area contributed by atoms with Gasteiger partial charge in [0, 0.05) is 12.7 Å². The summed E-state index contributed by atoms with van der Waals surface area (Å²) in [7, 11) is 3.03. The van der Waals surface area contributed by atoms with Crippen molar-refractivity contribution >= 4 is 0 Å². The summed E-state index contributed by atoms with van der Waals surface area (Å²) >= 11 is 0. The molecule has 1 rings (SSSR count). The molecular weight excluding hydrogens is 223 g/mol. The van der Waals surface area contributed by atoms with Crippen LogP contribution < -0.4 is 4.74 Å². The van der Waals surface area contributed by atoms with E-state index in [0.717, 1.165) is 6.42 Å². The van der Waals surface area contributed by atoms with Crippen LogP contribution >= 0.6 is 0 Å². The molecule has 0 saturated carbocycles. The van der Waals surface area contributed by atoms with Gasteiger partial charge in [-0.15, -0.1) is 0 Å². The lowest BCUT2D eigenvalue weighted by molar-refractivity contribution is -0.0190. The number of hydrogen-bond acceptors (Lipinski definition) is 3. The molecule has 0 aliphatic carbocycles. The van der Waals surface area contributed by atoms with Crippen molar-refractivity contribution in [3.05, 3.63) is 29.6 Å². The molecule has 2 atom stereocenters. The third-order valence-corrected chi connectivity index (χ3v) is 2.74. The Morgan fingerprint density at radius 3 is 2.59 bits per heavy atom. The van der Waals surface area contributed by atoms with E-state index in [1.807, 2.05) is 6.92 Å². The number of benzene rings is 1. The lowest BCUT2D eigenvalue weighted by atomic mass is 10.00. The van der Waals surface area contributed by atoms with Crippen LogP contribution in [0.2, 0.25) is 0 Å². The Bertz CT molecular complexity index is 355. The minimum absolute atomic E-state index is 0.351. The minimum atomic E-state index is -0.884. The van der Waals surface area contributed by atoms with Gasteiger partial charge in [-0.05, 0) is 24.6 Å². The predicted octanol–water partition coefficient (Wildman–Crippen LogP) is 2.68. The summed E-state index contributed by atoms with van der Waals surface area (Å²) in [4.78, 5) is 0. The third kappa shape index (κ3) is 3.41. The van der Waals surface area contributed by atoms with Crippen LogP contribution in [0.3, 0.4) is 0 Å². The monoisotopic (exact) mass is 242 g/mol. The molecule has 1 aromatic carbocycles. The molecule has 0 aliphatic rings. The van der Waals surface area contributed by atoms with Crippen LogP contribution in [0, 0.1) is 5.82 Å². The van der Waals surface area contributed by atoms with Crippen molar-refractivity contribution < 1.29 is 19.0 Å². The molecule has 1 aromatic rings. The van der Waals surface area contributed by atoms with Gasteiger partial charge in [-0.3, -0.25) is 0 Å². The third-order valence-electron chi connectivity index (χ3n) is 2.74. The molecule has 0 bridgehead atoms. The van der Waals surface area contributed by atoms with E-state index in [-0.39, 0.29) is 6.10 Å². The zero-order valence-corrected chi connectivity index (χ0v) is 10.4. The van der Waals surface area contributed by atoms with Gasteiger partial charge in [0.1, 0.15) is 17.7 Å². The lowest BCUT2D eigenvalue weighted by Crippen LogP contribution is -2.21. The van der Waals surface area contributed by atoms with Crippen LogP contribution in [0.4, 0.5) is 4.39 Å². The Morgan fingerprint density at radius 2 is 2.06 bits per heavy atom. The molecule has 4 heteroatoms. The largest absolute Gasteiger partial charge is 0.496 e. The number of rotatable bonds is 6. The van der Waals surface area contributed by atoms with Gasteiger partial charge in [0.25, 0.3) is 0 Å². The van der Waals surface area contributed by atoms with E-state index in [9.17, 15) is 9.50 Å². The van der Waals surface area contributed by atoms with Crippen LogP contribution in [-0.2, 0) is 4.74 Å². The fraction of sp³-hybridized carbons (Fsp3) is 0.538. The first-order valence-electron chi connectivity index (χ1n) is 5.68. The first-order chi connectivity index (χ1) is 8.13. The topological polar surface area (TPSA) is 38.7 Å². The van der Waals surface area contributed by atoms with E-state index in [0.29, 0.717) is 17.7 Å². The van der Waals surface area contributed by atoms with Gasteiger partial charge in [0.05, 0.1) is 13.2 Å². The number of ether oxygens (including phenoxy) is 2. The second-order valence-electron chi connectivity index (χ2n) is 3.89. The molecule has 96 valence electrons. The van der Waals surface area contributed by atoms with Crippen LogP contribution in [0.5, 0.6) is 5.75 Å². The van der Waals surface area contributed by atoms with Crippen molar-refractivity contribution in [2.45, 2.75) is 32.0 Å². The van der Waals surface area contributed by atoms with Gasteiger partial charge in [0.15, 0.2) is 0 Å².